The molecule has 1 fully saturated rings. The molecular formula is C15H28N2O3. The molecule has 5 heteroatoms. The summed E-state index contributed by atoms with van der Waals surface area (Å²) in [5, 5.41) is 2.64. The molecule has 1 aliphatic rings. The van der Waals surface area contributed by atoms with Crippen LogP contribution in [0.15, 0.2) is 24.3 Å². The maximum atomic E-state index is 11.8. The summed E-state index contributed by atoms with van der Waals surface area (Å²) < 4.78 is 10.7. The van der Waals surface area contributed by atoms with Gasteiger partial charge in [0.05, 0.1) is 13.2 Å². The Hall–Kier alpha value is -1.49. The van der Waals surface area contributed by atoms with Gasteiger partial charge in [0.2, 0.25) is 0 Å². The summed E-state index contributed by atoms with van der Waals surface area (Å²) in [6, 6.07) is -0.192. The third-order valence-corrected chi connectivity index (χ3v) is 2.64. The summed E-state index contributed by atoms with van der Waals surface area (Å²) in [5.74, 6) is 1.31. The van der Waals surface area contributed by atoms with E-state index in [1.54, 1.807) is 4.90 Å². The Balaban J connectivity index is 0.00000172. The largest absolute Gasteiger partial charge is 0.446 e. The van der Waals surface area contributed by atoms with Crippen LogP contribution in [0.25, 0.3) is 0 Å². The van der Waals surface area contributed by atoms with Crippen LogP contribution in [0.5, 0.6) is 0 Å². The normalized spacial score (nSPS) is 15.3. The van der Waals surface area contributed by atoms with Crippen LogP contribution in [0, 0.1) is 5.92 Å². The number of morpholine rings is 1. The van der Waals surface area contributed by atoms with Gasteiger partial charge in [-0.3, -0.25) is 5.32 Å². The first-order valence-electron chi connectivity index (χ1n) is 7.21. The monoisotopic (exact) mass is 284 g/mol. The van der Waals surface area contributed by atoms with Gasteiger partial charge in [0.1, 0.15) is 5.76 Å². The minimum atomic E-state index is -0.192. The first kappa shape index (κ1) is 18.5. The van der Waals surface area contributed by atoms with Gasteiger partial charge in [0.25, 0.3) is 0 Å². The van der Waals surface area contributed by atoms with Gasteiger partial charge in [0, 0.05) is 19.0 Å². The topological polar surface area (TPSA) is 50.8 Å². The maximum absolute atomic E-state index is 11.8. The number of hydrogen-bond donors (Lipinski definition) is 1. The quantitative estimate of drug-likeness (QED) is 0.807. The number of allylic oxidation sites excluding steroid dienone is 2. The molecule has 1 N–H and O–H groups in total. The van der Waals surface area contributed by atoms with Crippen molar-refractivity contribution in [3.63, 3.8) is 0 Å². The van der Waals surface area contributed by atoms with E-state index in [1.807, 2.05) is 40.7 Å². The standard InChI is InChI=1S/C13H22N2O3.C2H6/c1-5-12(10(2)3)18-11(4)14-13(16)15-6-8-17-9-7-15;1-2/h5,10H,4,6-9H2,1-3H3,(H,14,16);1-2H3/b12-5-;. The van der Waals surface area contributed by atoms with E-state index in [-0.39, 0.29) is 17.8 Å². The molecule has 0 aromatic rings. The SMILES string of the molecule is C=C(NC(=O)N1CCOCC1)O/C(=C\C)C(C)C.CC. The number of carbonyl (C=O) groups excluding carboxylic acids is 1. The second-order valence-electron chi connectivity index (χ2n) is 4.40. The van der Waals surface area contributed by atoms with E-state index in [4.69, 9.17) is 9.47 Å². The van der Waals surface area contributed by atoms with Crippen LogP contribution in [-0.4, -0.2) is 37.2 Å². The molecule has 0 radical (unpaired) electrons. The number of nitrogens with zero attached hydrogens (tertiary/aromatic N) is 1. The smallest absolute Gasteiger partial charge is 0.324 e. The summed E-state index contributed by atoms with van der Waals surface area (Å²) in [6.45, 7) is 16.0. The molecule has 0 aliphatic carbocycles. The van der Waals surface area contributed by atoms with Gasteiger partial charge < -0.3 is 14.4 Å². The molecule has 0 aromatic carbocycles. The maximum Gasteiger partial charge on any atom is 0.324 e. The highest BCUT2D eigenvalue weighted by Gasteiger charge is 2.18. The Bertz CT molecular complexity index is 332. The minimum absolute atomic E-state index is 0.192. The highest BCUT2D eigenvalue weighted by molar-refractivity contribution is 5.75. The molecular weight excluding hydrogens is 256 g/mol. The van der Waals surface area contributed by atoms with Crippen LogP contribution in [0.4, 0.5) is 4.79 Å². The lowest BCUT2D eigenvalue weighted by Crippen LogP contribution is -2.46. The van der Waals surface area contributed by atoms with Crippen LogP contribution in [0.3, 0.4) is 0 Å². The van der Waals surface area contributed by atoms with Crippen LogP contribution in [-0.2, 0) is 9.47 Å². The summed E-state index contributed by atoms with van der Waals surface area (Å²) in [4.78, 5) is 13.5. The van der Waals surface area contributed by atoms with E-state index < -0.39 is 0 Å². The molecule has 116 valence electrons. The molecule has 0 bridgehead atoms. The molecule has 1 saturated heterocycles. The van der Waals surface area contributed by atoms with Gasteiger partial charge in [0.15, 0.2) is 5.88 Å². The Morgan fingerprint density at radius 3 is 2.35 bits per heavy atom. The highest BCUT2D eigenvalue weighted by atomic mass is 16.5. The van der Waals surface area contributed by atoms with E-state index in [9.17, 15) is 4.79 Å². The molecule has 0 atom stereocenters. The fourth-order valence-electron chi connectivity index (χ4n) is 1.64. The molecule has 5 nitrogen and oxygen atoms in total. The molecule has 1 rings (SSSR count). The summed E-state index contributed by atoms with van der Waals surface area (Å²) in [5.41, 5.74) is 0. The minimum Gasteiger partial charge on any atom is -0.446 e. The molecule has 1 heterocycles. The van der Waals surface area contributed by atoms with Crippen molar-refractivity contribution < 1.29 is 14.3 Å². The number of urea groups is 1. The zero-order valence-electron chi connectivity index (χ0n) is 13.4. The van der Waals surface area contributed by atoms with Crippen molar-refractivity contribution in [2.45, 2.75) is 34.6 Å². The van der Waals surface area contributed by atoms with Gasteiger partial charge in [-0.05, 0) is 19.6 Å². The van der Waals surface area contributed by atoms with Crippen molar-refractivity contribution in [3.8, 4) is 0 Å². The van der Waals surface area contributed by atoms with Crippen molar-refractivity contribution in [1.82, 2.24) is 10.2 Å². The van der Waals surface area contributed by atoms with E-state index >= 15 is 0 Å². The lowest BCUT2D eigenvalue weighted by atomic mass is 10.2. The fraction of sp³-hybridized carbons (Fsp3) is 0.667. The predicted octanol–water partition coefficient (Wildman–Crippen LogP) is 3.10. The fourth-order valence-corrected chi connectivity index (χ4v) is 1.64. The molecule has 0 aromatic heterocycles. The zero-order chi connectivity index (χ0) is 15.5. The second kappa shape index (κ2) is 10.3. The Labute approximate surface area is 122 Å². The van der Waals surface area contributed by atoms with E-state index in [1.165, 1.54) is 0 Å². The number of amides is 2. The summed E-state index contributed by atoms with van der Waals surface area (Å²) >= 11 is 0. The van der Waals surface area contributed by atoms with Gasteiger partial charge >= 0.3 is 6.03 Å². The van der Waals surface area contributed by atoms with Crippen molar-refractivity contribution in [1.29, 1.82) is 0 Å². The molecule has 1 aliphatic heterocycles. The number of ether oxygens (including phenoxy) is 2. The molecule has 0 unspecified atom stereocenters. The van der Waals surface area contributed by atoms with Crippen molar-refractivity contribution in [2.75, 3.05) is 26.3 Å². The number of hydrogen-bond acceptors (Lipinski definition) is 3. The van der Waals surface area contributed by atoms with Crippen LogP contribution in [0.1, 0.15) is 34.6 Å². The Morgan fingerprint density at radius 2 is 1.90 bits per heavy atom. The van der Waals surface area contributed by atoms with Crippen molar-refractivity contribution in [2.24, 2.45) is 5.92 Å². The van der Waals surface area contributed by atoms with Crippen molar-refractivity contribution >= 4 is 6.03 Å². The Morgan fingerprint density at radius 1 is 1.35 bits per heavy atom. The highest BCUT2D eigenvalue weighted by Crippen LogP contribution is 2.13. The zero-order valence-corrected chi connectivity index (χ0v) is 13.4. The molecule has 20 heavy (non-hydrogen) atoms. The van der Waals surface area contributed by atoms with E-state index in [0.717, 1.165) is 5.76 Å². The average Bonchev–Trinajstić information content (AvgIpc) is 2.47. The molecule has 2 amide bonds. The Kier molecular flexibility index (Phi) is 9.55. The number of rotatable bonds is 4. The van der Waals surface area contributed by atoms with Gasteiger partial charge in [-0.15, -0.1) is 0 Å². The van der Waals surface area contributed by atoms with E-state index in [2.05, 4.69) is 11.9 Å². The third kappa shape index (κ3) is 6.61. The summed E-state index contributed by atoms with van der Waals surface area (Å²) in [6.07, 6.45) is 1.87. The van der Waals surface area contributed by atoms with Crippen LogP contribution < -0.4 is 5.32 Å². The average molecular weight is 284 g/mol. The predicted molar refractivity (Wildman–Crippen MR) is 81.1 cm³/mol. The first-order valence-corrected chi connectivity index (χ1v) is 7.21. The van der Waals surface area contributed by atoms with Gasteiger partial charge in [-0.25, -0.2) is 4.79 Å². The lowest BCUT2D eigenvalue weighted by Gasteiger charge is -2.27. The number of carbonyl (C=O) groups is 1. The first-order chi connectivity index (χ1) is 9.54. The van der Waals surface area contributed by atoms with E-state index in [0.29, 0.717) is 26.3 Å². The van der Waals surface area contributed by atoms with Gasteiger partial charge in [-0.2, -0.15) is 0 Å². The molecule has 0 spiro atoms. The second-order valence-corrected chi connectivity index (χ2v) is 4.40. The van der Waals surface area contributed by atoms with Crippen molar-refractivity contribution in [3.05, 3.63) is 24.3 Å². The van der Waals surface area contributed by atoms with Crippen LogP contribution >= 0.6 is 0 Å². The van der Waals surface area contributed by atoms with Gasteiger partial charge in [-0.1, -0.05) is 27.7 Å². The van der Waals surface area contributed by atoms with Crippen LogP contribution in [0.2, 0.25) is 0 Å². The summed E-state index contributed by atoms with van der Waals surface area (Å²) in [7, 11) is 0. The molecule has 0 saturated carbocycles. The number of nitrogens with one attached hydrogen (secondary N) is 1. The third-order valence-electron chi connectivity index (χ3n) is 2.64. The lowest BCUT2D eigenvalue weighted by molar-refractivity contribution is 0.0526.